The van der Waals surface area contributed by atoms with E-state index in [0.29, 0.717) is 15.7 Å². The molecule has 0 aliphatic heterocycles. The smallest absolute Gasteiger partial charge is 0.314 e. The van der Waals surface area contributed by atoms with Crippen LogP contribution in [0.15, 0.2) is 36.4 Å². The van der Waals surface area contributed by atoms with Crippen molar-refractivity contribution in [1.82, 2.24) is 0 Å². The summed E-state index contributed by atoms with van der Waals surface area (Å²) in [6.45, 7) is 1.84. The van der Waals surface area contributed by atoms with Crippen LogP contribution >= 0.6 is 34.8 Å². The van der Waals surface area contributed by atoms with E-state index >= 15 is 0 Å². The largest absolute Gasteiger partial charge is 0.318 e. The molecule has 0 aliphatic carbocycles. The number of hydrogen-bond acceptors (Lipinski definition) is 2. The van der Waals surface area contributed by atoms with E-state index in [1.54, 1.807) is 24.3 Å². The molecular formula is C15H11Cl3N2O2. The van der Waals surface area contributed by atoms with Gasteiger partial charge in [0.2, 0.25) is 0 Å². The summed E-state index contributed by atoms with van der Waals surface area (Å²) in [5.41, 5.74) is 1.55. The summed E-state index contributed by atoms with van der Waals surface area (Å²) in [5, 5.41) is 6.02. The molecule has 0 aromatic heterocycles. The van der Waals surface area contributed by atoms with Gasteiger partial charge in [0.25, 0.3) is 0 Å². The maximum absolute atomic E-state index is 11.9. The molecular weight excluding hydrogens is 347 g/mol. The van der Waals surface area contributed by atoms with Gasteiger partial charge < -0.3 is 10.6 Å². The predicted octanol–water partition coefficient (Wildman–Crippen LogP) is 4.53. The van der Waals surface area contributed by atoms with Crippen molar-refractivity contribution in [2.75, 3.05) is 10.6 Å². The lowest BCUT2D eigenvalue weighted by Crippen LogP contribution is -2.29. The molecule has 2 rings (SSSR count). The standard InChI is InChI=1S/C15H11Cl3N2O2/c1-8-2-4-10(7-12(8)18)19-14(21)15(22)20-13-6-9(16)3-5-11(13)17/h2-7H,1H3,(H,19,21)(H,20,22). The zero-order chi connectivity index (χ0) is 16.3. The van der Waals surface area contributed by atoms with Crippen molar-refractivity contribution in [1.29, 1.82) is 0 Å². The molecule has 0 atom stereocenters. The van der Waals surface area contributed by atoms with Gasteiger partial charge in [-0.05, 0) is 42.8 Å². The molecule has 2 aromatic rings. The van der Waals surface area contributed by atoms with Crippen LogP contribution in [0.3, 0.4) is 0 Å². The number of aryl methyl sites for hydroxylation is 1. The Morgan fingerprint density at radius 3 is 2.23 bits per heavy atom. The third kappa shape index (κ3) is 4.13. The second-order valence-corrected chi connectivity index (χ2v) is 5.75. The van der Waals surface area contributed by atoms with Crippen LogP contribution in [-0.2, 0) is 9.59 Å². The molecule has 0 fully saturated rings. The monoisotopic (exact) mass is 356 g/mol. The van der Waals surface area contributed by atoms with Gasteiger partial charge >= 0.3 is 11.8 Å². The average molecular weight is 358 g/mol. The van der Waals surface area contributed by atoms with Gasteiger partial charge in [-0.1, -0.05) is 40.9 Å². The molecule has 0 radical (unpaired) electrons. The Morgan fingerprint density at radius 1 is 0.864 bits per heavy atom. The van der Waals surface area contributed by atoms with Crippen LogP contribution in [0.5, 0.6) is 0 Å². The summed E-state index contributed by atoms with van der Waals surface area (Å²) in [6.07, 6.45) is 0. The minimum atomic E-state index is -0.860. The number of rotatable bonds is 2. The molecule has 0 unspecified atom stereocenters. The van der Waals surface area contributed by atoms with Crippen molar-refractivity contribution in [3.05, 3.63) is 57.0 Å². The van der Waals surface area contributed by atoms with E-state index in [2.05, 4.69) is 10.6 Å². The first-order valence-corrected chi connectivity index (χ1v) is 7.34. The third-order valence-corrected chi connectivity index (χ3v) is 3.78. The molecule has 0 spiro atoms. The minimum Gasteiger partial charge on any atom is -0.318 e. The Bertz CT molecular complexity index is 748. The number of benzene rings is 2. The predicted molar refractivity (Wildman–Crippen MR) is 89.9 cm³/mol. The highest BCUT2D eigenvalue weighted by Gasteiger charge is 2.16. The fourth-order valence-electron chi connectivity index (χ4n) is 1.63. The molecule has 7 heteroatoms. The molecule has 0 saturated carbocycles. The molecule has 2 amide bonds. The van der Waals surface area contributed by atoms with Crippen LogP contribution in [0.4, 0.5) is 11.4 Å². The Hall–Kier alpha value is -1.75. The maximum Gasteiger partial charge on any atom is 0.314 e. The topological polar surface area (TPSA) is 58.2 Å². The molecule has 2 aromatic carbocycles. The Kier molecular flexibility index (Phi) is 5.29. The first-order valence-electron chi connectivity index (χ1n) is 6.20. The van der Waals surface area contributed by atoms with Gasteiger partial charge in [-0.3, -0.25) is 9.59 Å². The summed E-state index contributed by atoms with van der Waals surface area (Å²) < 4.78 is 0. The highest BCUT2D eigenvalue weighted by Crippen LogP contribution is 2.25. The highest BCUT2D eigenvalue weighted by molar-refractivity contribution is 6.45. The molecule has 4 nitrogen and oxygen atoms in total. The van der Waals surface area contributed by atoms with Crippen LogP contribution in [0, 0.1) is 6.92 Å². The van der Waals surface area contributed by atoms with E-state index in [1.807, 2.05) is 6.92 Å². The highest BCUT2D eigenvalue weighted by atomic mass is 35.5. The number of carbonyl (C=O) groups excluding carboxylic acids is 2. The lowest BCUT2D eigenvalue weighted by Gasteiger charge is -2.09. The quantitative estimate of drug-likeness (QED) is 0.776. The van der Waals surface area contributed by atoms with Crippen molar-refractivity contribution >= 4 is 58.0 Å². The van der Waals surface area contributed by atoms with Gasteiger partial charge in [-0.25, -0.2) is 0 Å². The fraction of sp³-hybridized carbons (Fsp3) is 0.0667. The van der Waals surface area contributed by atoms with Crippen molar-refractivity contribution in [3.8, 4) is 0 Å². The van der Waals surface area contributed by atoms with Gasteiger partial charge in [0.1, 0.15) is 0 Å². The summed E-state index contributed by atoms with van der Waals surface area (Å²) in [6, 6.07) is 9.51. The van der Waals surface area contributed by atoms with Crippen LogP contribution in [0.1, 0.15) is 5.56 Å². The number of amides is 2. The van der Waals surface area contributed by atoms with Crippen LogP contribution in [0.2, 0.25) is 15.1 Å². The maximum atomic E-state index is 11.9. The number of anilines is 2. The Balaban J connectivity index is 2.07. The zero-order valence-electron chi connectivity index (χ0n) is 11.4. The van der Waals surface area contributed by atoms with Gasteiger partial charge in [-0.2, -0.15) is 0 Å². The van der Waals surface area contributed by atoms with Gasteiger partial charge in [0.05, 0.1) is 10.7 Å². The van der Waals surface area contributed by atoms with E-state index in [9.17, 15) is 9.59 Å². The third-order valence-electron chi connectivity index (χ3n) is 2.81. The molecule has 2 N–H and O–H groups in total. The molecule has 0 heterocycles. The summed E-state index contributed by atoms with van der Waals surface area (Å²) in [7, 11) is 0. The normalized spacial score (nSPS) is 10.2. The van der Waals surface area contributed by atoms with E-state index in [-0.39, 0.29) is 10.7 Å². The lowest BCUT2D eigenvalue weighted by molar-refractivity contribution is -0.132. The van der Waals surface area contributed by atoms with Gasteiger partial charge in [-0.15, -0.1) is 0 Å². The first kappa shape index (κ1) is 16.6. The Labute approximate surface area is 142 Å². The number of nitrogens with one attached hydrogen (secondary N) is 2. The molecule has 22 heavy (non-hydrogen) atoms. The van der Waals surface area contributed by atoms with Crippen LogP contribution < -0.4 is 10.6 Å². The minimum absolute atomic E-state index is 0.260. The van der Waals surface area contributed by atoms with E-state index < -0.39 is 11.8 Å². The molecule has 0 bridgehead atoms. The van der Waals surface area contributed by atoms with Crippen molar-refractivity contribution in [3.63, 3.8) is 0 Å². The fourth-order valence-corrected chi connectivity index (χ4v) is 2.15. The van der Waals surface area contributed by atoms with E-state index in [4.69, 9.17) is 34.8 Å². The zero-order valence-corrected chi connectivity index (χ0v) is 13.7. The second kappa shape index (κ2) is 7.01. The van der Waals surface area contributed by atoms with Crippen molar-refractivity contribution in [2.45, 2.75) is 6.92 Å². The van der Waals surface area contributed by atoms with E-state index in [1.165, 1.54) is 12.1 Å². The molecule has 114 valence electrons. The van der Waals surface area contributed by atoms with Gasteiger partial charge in [0, 0.05) is 15.7 Å². The number of carbonyl (C=O) groups is 2. The van der Waals surface area contributed by atoms with Crippen molar-refractivity contribution in [2.24, 2.45) is 0 Å². The van der Waals surface area contributed by atoms with Crippen LogP contribution in [-0.4, -0.2) is 11.8 Å². The second-order valence-electron chi connectivity index (χ2n) is 4.50. The summed E-state index contributed by atoms with van der Waals surface area (Å²) >= 11 is 17.7. The molecule has 0 aliphatic rings. The van der Waals surface area contributed by atoms with E-state index in [0.717, 1.165) is 5.56 Å². The Morgan fingerprint density at radius 2 is 1.55 bits per heavy atom. The van der Waals surface area contributed by atoms with Crippen molar-refractivity contribution < 1.29 is 9.59 Å². The lowest BCUT2D eigenvalue weighted by atomic mass is 10.2. The molecule has 0 saturated heterocycles. The average Bonchev–Trinajstić information content (AvgIpc) is 2.46. The van der Waals surface area contributed by atoms with Gasteiger partial charge in [0.15, 0.2) is 0 Å². The number of halogens is 3. The SMILES string of the molecule is Cc1ccc(NC(=O)C(=O)Nc2cc(Cl)ccc2Cl)cc1Cl. The number of hydrogen-bond donors (Lipinski definition) is 2. The summed E-state index contributed by atoms with van der Waals surface area (Å²) in [4.78, 5) is 23.7. The first-order chi connectivity index (χ1) is 10.4. The summed E-state index contributed by atoms with van der Waals surface area (Å²) in [5.74, 6) is -1.70. The van der Waals surface area contributed by atoms with Crippen LogP contribution in [0.25, 0.3) is 0 Å².